The van der Waals surface area contributed by atoms with Gasteiger partial charge in [0, 0.05) is 14.9 Å². The van der Waals surface area contributed by atoms with E-state index >= 15 is 0 Å². The minimum atomic E-state index is -0.502. The molecule has 0 aliphatic carbocycles. The Morgan fingerprint density at radius 2 is 2.10 bits per heavy atom. The fourth-order valence-electron chi connectivity index (χ4n) is 2.17. The van der Waals surface area contributed by atoms with E-state index in [2.05, 4.69) is 15.9 Å². The summed E-state index contributed by atoms with van der Waals surface area (Å²) in [4.78, 5) is 12.8. The highest BCUT2D eigenvalue weighted by Crippen LogP contribution is 2.45. The predicted octanol–water partition coefficient (Wildman–Crippen LogP) is 4.81. The number of anilines is 1. The van der Waals surface area contributed by atoms with E-state index in [1.807, 2.05) is 13.8 Å². The fourth-order valence-corrected chi connectivity index (χ4v) is 4.20. The molecule has 0 fully saturated rings. The van der Waals surface area contributed by atoms with Crippen LogP contribution in [0.25, 0.3) is 10.4 Å². The Balaban J connectivity index is 2.77. The summed E-state index contributed by atoms with van der Waals surface area (Å²) in [6.45, 7) is 3.91. The molecule has 0 saturated heterocycles. The number of ether oxygens (including phenoxy) is 1. The SMILES string of the molecule is COC(=O)c1sc(-c2c(F)cccc2Br)c(C(C)C)c1N. The van der Waals surface area contributed by atoms with Crippen molar-refractivity contribution in [2.24, 2.45) is 0 Å². The van der Waals surface area contributed by atoms with Crippen molar-refractivity contribution in [3.63, 3.8) is 0 Å². The van der Waals surface area contributed by atoms with Crippen molar-refractivity contribution in [2.75, 3.05) is 12.8 Å². The van der Waals surface area contributed by atoms with E-state index in [0.29, 0.717) is 25.5 Å². The third-order valence-corrected chi connectivity index (χ3v) is 5.00. The van der Waals surface area contributed by atoms with Crippen molar-refractivity contribution in [3.05, 3.63) is 38.9 Å². The molecule has 1 aromatic heterocycles. The largest absolute Gasteiger partial charge is 0.465 e. The molecule has 0 bridgehead atoms. The molecule has 0 spiro atoms. The van der Waals surface area contributed by atoms with Crippen molar-refractivity contribution in [1.82, 2.24) is 0 Å². The lowest BCUT2D eigenvalue weighted by Crippen LogP contribution is -2.03. The van der Waals surface area contributed by atoms with Crippen LogP contribution in [0.15, 0.2) is 22.7 Å². The second kappa shape index (κ2) is 6.15. The lowest BCUT2D eigenvalue weighted by Gasteiger charge is -2.11. The second-order valence-electron chi connectivity index (χ2n) is 4.83. The van der Waals surface area contributed by atoms with E-state index in [-0.39, 0.29) is 11.7 Å². The van der Waals surface area contributed by atoms with Gasteiger partial charge in [-0.2, -0.15) is 0 Å². The first-order valence-corrected chi connectivity index (χ1v) is 7.94. The summed E-state index contributed by atoms with van der Waals surface area (Å²) >= 11 is 4.52. The molecule has 6 heteroatoms. The Morgan fingerprint density at radius 3 is 2.62 bits per heavy atom. The molecule has 1 aromatic carbocycles. The summed E-state index contributed by atoms with van der Waals surface area (Å²) in [6.07, 6.45) is 0. The summed E-state index contributed by atoms with van der Waals surface area (Å²) < 4.78 is 19.6. The number of nitrogens with two attached hydrogens (primary N) is 1. The molecule has 21 heavy (non-hydrogen) atoms. The molecule has 0 aliphatic rings. The van der Waals surface area contributed by atoms with Crippen LogP contribution in [-0.4, -0.2) is 13.1 Å². The van der Waals surface area contributed by atoms with Crippen LogP contribution < -0.4 is 5.73 Å². The number of halogens is 2. The van der Waals surface area contributed by atoms with Crippen LogP contribution in [0.3, 0.4) is 0 Å². The zero-order valence-electron chi connectivity index (χ0n) is 11.9. The standard InChI is InChI=1S/C15H15BrFNO2S/c1-7(2)10-12(18)14(15(19)20-3)21-13(10)11-8(16)5-4-6-9(11)17/h4-7H,18H2,1-3H3. The first-order chi connectivity index (χ1) is 9.88. The third-order valence-electron chi connectivity index (χ3n) is 3.12. The van der Waals surface area contributed by atoms with Crippen molar-refractivity contribution < 1.29 is 13.9 Å². The Morgan fingerprint density at radius 1 is 1.43 bits per heavy atom. The minimum Gasteiger partial charge on any atom is -0.465 e. The molecule has 0 aliphatic heterocycles. The number of carbonyl (C=O) groups excluding carboxylic acids is 1. The summed E-state index contributed by atoms with van der Waals surface area (Å²) in [5, 5.41) is 0. The van der Waals surface area contributed by atoms with Crippen LogP contribution in [0.4, 0.5) is 10.1 Å². The van der Waals surface area contributed by atoms with Crippen molar-refractivity contribution >= 4 is 38.9 Å². The fraction of sp³-hybridized carbons (Fsp3) is 0.267. The Labute approximate surface area is 135 Å². The van der Waals surface area contributed by atoms with E-state index in [1.54, 1.807) is 12.1 Å². The summed E-state index contributed by atoms with van der Waals surface area (Å²) in [5.41, 5.74) is 7.65. The lowest BCUT2D eigenvalue weighted by molar-refractivity contribution is 0.0607. The van der Waals surface area contributed by atoms with Gasteiger partial charge in [-0.15, -0.1) is 11.3 Å². The van der Waals surface area contributed by atoms with Crippen molar-refractivity contribution in [3.8, 4) is 10.4 Å². The van der Waals surface area contributed by atoms with Gasteiger partial charge in [0.2, 0.25) is 0 Å². The molecule has 0 amide bonds. The summed E-state index contributed by atoms with van der Waals surface area (Å²) in [7, 11) is 1.30. The van der Waals surface area contributed by atoms with E-state index < -0.39 is 5.97 Å². The molecule has 2 rings (SSSR count). The van der Waals surface area contributed by atoms with Gasteiger partial charge in [-0.1, -0.05) is 35.8 Å². The molecule has 2 aromatic rings. The Hall–Kier alpha value is -1.40. The second-order valence-corrected chi connectivity index (χ2v) is 6.71. The van der Waals surface area contributed by atoms with Crippen molar-refractivity contribution in [2.45, 2.75) is 19.8 Å². The summed E-state index contributed by atoms with van der Waals surface area (Å²) in [6, 6.07) is 4.77. The molecule has 0 unspecified atom stereocenters. The summed E-state index contributed by atoms with van der Waals surface area (Å²) in [5.74, 6) is -0.803. The molecule has 1 heterocycles. The van der Waals surface area contributed by atoms with Gasteiger partial charge >= 0.3 is 5.97 Å². The number of nitrogen functional groups attached to an aromatic ring is 1. The Bertz CT molecular complexity index is 677. The number of benzene rings is 1. The highest BCUT2D eigenvalue weighted by atomic mass is 79.9. The van der Waals surface area contributed by atoms with Crippen LogP contribution in [0.1, 0.15) is 35.0 Å². The monoisotopic (exact) mass is 371 g/mol. The minimum absolute atomic E-state index is 0.0566. The maximum absolute atomic E-state index is 14.2. The van der Waals surface area contributed by atoms with Crippen LogP contribution in [-0.2, 0) is 4.74 Å². The van der Waals surface area contributed by atoms with Gasteiger partial charge < -0.3 is 10.5 Å². The van der Waals surface area contributed by atoms with Gasteiger partial charge in [-0.25, -0.2) is 9.18 Å². The van der Waals surface area contributed by atoms with Gasteiger partial charge in [0.1, 0.15) is 10.7 Å². The molecule has 0 radical (unpaired) electrons. The third kappa shape index (κ3) is 2.82. The smallest absolute Gasteiger partial charge is 0.350 e. The van der Waals surface area contributed by atoms with E-state index in [4.69, 9.17) is 10.5 Å². The molecule has 0 atom stereocenters. The quantitative estimate of drug-likeness (QED) is 0.787. The first-order valence-electron chi connectivity index (χ1n) is 6.33. The molecular formula is C15H15BrFNO2S. The van der Waals surface area contributed by atoms with Crippen LogP contribution in [0, 0.1) is 5.82 Å². The topological polar surface area (TPSA) is 52.3 Å². The van der Waals surface area contributed by atoms with Gasteiger partial charge in [-0.05, 0) is 23.6 Å². The van der Waals surface area contributed by atoms with Crippen LogP contribution in [0.2, 0.25) is 0 Å². The zero-order valence-corrected chi connectivity index (χ0v) is 14.3. The maximum atomic E-state index is 14.2. The van der Waals surface area contributed by atoms with Gasteiger partial charge in [-0.3, -0.25) is 0 Å². The van der Waals surface area contributed by atoms with Crippen LogP contribution in [0.5, 0.6) is 0 Å². The normalized spacial score (nSPS) is 11.0. The number of hydrogen-bond acceptors (Lipinski definition) is 4. The number of methoxy groups -OCH3 is 1. The number of hydrogen-bond donors (Lipinski definition) is 1. The molecule has 0 saturated carbocycles. The zero-order chi connectivity index (χ0) is 15.7. The van der Waals surface area contributed by atoms with E-state index in [1.165, 1.54) is 13.2 Å². The number of thiophene rings is 1. The average molecular weight is 372 g/mol. The molecule has 112 valence electrons. The van der Waals surface area contributed by atoms with Gasteiger partial charge in [0.05, 0.1) is 12.8 Å². The highest BCUT2D eigenvalue weighted by molar-refractivity contribution is 9.10. The molecular weight excluding hydrogens is 357 g/mol. The lowest BCUT2D eigenvalue weighted by atomic mass is 9.98. The van der Waals surface area contributed by atoms with Crippen LogP contribution >= 0.6 is 27.3 Å². The predicted molar refractivity (Wildman–Crippen MR) is 87.3 cm³/mol. The van der Waals surface area contributed by atoms with E-state index in [9.17, 15) is 9.18 Å². The number of esters is 1. The van der Waals surface area contributed by atoms with Gasteiger partial charge in [0.25, 0.3) is 0 Å². The van der Waals surface area contributed by atoms with Crippen molar-refractivity contribution in [1.29, 1.82) is 0 Å². The first kappa shape index (κ1) is 16.0. The number of rotatable bonds is 3. The number of carbonyl (C=O) groups is 1. The van der Waals surface area contributed by atoms with E-state index in [0.717, 1.165) is 16.9 Å². The maximum Gasteiger partial charge on any atom is 0.350 e. The average Bonchev–Trinajstić information content (AvgIpc) is 2.75. The molecule has 2 N–H and O–H groups in total. The molecule has 3 nitrogen and oxygen atoms in total. The van der Waals surface area contributed by atoms with Gasteiger partial charge in [0.15, 0.2) is 0 Å². The Kier molecular flexibility index (Phi) is 4.68. The highest BCUT2D eigenvalue weighted by Gasteiger charge is 2.26.